The molecule has 0 radical (unpaired) electrons. The van der Waals surface area contributed by atoms with Gasteiger partial charge in [-0.25, -0.2) is 4.79 Å². The molecule has 3 nitrogen and oxygen atoms in total. The van der Waals surface area contributed by atoms with Gasteiger partial charge in [0.1, 0.15) is 11.5 Å². The number of rotatable bonds is 9. The molecule has 0 aliphatic carbocycles. The van der Waals surface area contributed by atoms with Crippen LogP contribution in [-0.4, -0.2) is 12.6 Å². The highest BCUT2D eigenvalue weighted by molar-refractivity contribution is 9.10. The number of carbonyl (C=O) groups excluding carboxylic acids is 1. The molecule has 0 saturated carbocycles. The molecule has 0 spiro atoms. The molecule has 0 heterocycles. The van der Waals surface area contributed by atoms with Gasteiger partial charge in [-0.2, -0.15) is 0 Å². The molecule has 2 aromatic carbocycles. The third kappa shape index (κ3) is 6.54. The van der Waals surface area contributed by atoms with Crippen LogP contribution in [0.3, 0.4) is 0 Å². The molecule has 0 amide bonds. The topological polar surface area (TPSA) is 35.5 Å². The zero-order chi connectivity index (χ0) is 18.1. The van der Waals surface area contributed by atoms with E-state index in [2.05, 4.69) is 22.9 Å². The molecule has 0 unspecified atom stereocenters. The Labute approximate surface area is 158 Å². The standard InChI is InChI=1S/C21H25BrO3/c1-3-4-5-6-7-14-24-19-11-8-17(9-12-19)21(23)25-20-13-10-18(22)15-16(20)2/h8-13,15H,3-7,14H2,1-2H3. The van der Waals surface area contributed by atoms with E-state index >= 15 is 0 Å². The summed E-state index contributed by atoms with van der Waals surface area (Å²) in [6.45, 7) is 4.83. The Morgan fingerprint density at radius 2 is 1.72 bits per heavy atom. The van der Waals surface area contributed by atoms with Crippen LogP contribution < -0.4 is 9.47 Å². The van der Waals surface area contributed by atoms with Crippen LogP contribution in [0.15, 0.2) is 46.9 Å². The lowest BCUT2D eigenvalue weighted by molar-refractivity contribution is 0.0733. The van der Waals surface area contributed by atoms with Crippen molar-refractivity contribution >= 4 is 21.9 Å². The minimum Gasteiger partial charge on any atom is -0.494 e. The van der Waals surface area contributed by atoms with E-state index < -0.39 is 0 Å². The van der Waals surface area contributed by atoms with Crippen LogP contribution in [-0.2, 0) is 0 Å². The molecule has 0 bridgehead atoms. The minimum atomic E-state index is -0.364. The lowest BCUT2D eigenvalue weighted by Crippen LogP contribution is -2.09. The summed E-state index contributed by atoms with van der Waals surface area (Å²) < 4.78 is 12.1. The van der Waals surface area contributed by atoms with Crippen molar-refractivity contribution in [1.29, 1.82) is 0 Å². The molecule has 2 rings (SSSR count). The Kier molecular flexibility index (Phi) is 7.99. The summed E-state index contributed by atoms with van der Waals surface area (Å²) in [5, 5.41) is 0. The van der Waals surface area contributed by atoms with E-state index in [0.717, 1.165) is 22.2 Å². The maximum absolute atomic E-state index is 12.2. The van der Waals surface area contributed by atoms with Crippen molar-refractivity contribution < 1.29 is 14.3 Å². The summed E-state index contributed by atoms with van der Waals surface area (Å²) in [5.41, 5.74) is 1.42. The number of carbonyl (C=O) groups is 1. The smallest absolute Gasteiger partial charge is 0.343 e. The molecule has 0 aliphatic heterocycles. The van der Waals surface area contributed by atoms with E-state index in [1.165, 1.54) is 25.7 Å². The number of halogens is 1. The summed E-state index contributed by atoms with van der Waals surface area (Å²) in [6.07, 6.45) is 6.06. The van der Waals surface area contributed by atoms with Gasteiger partial charge in [-0.05, 0) is 61.4 Å². The van der Waals surface area contributed by atoms with E-state index in [1.54, 1.807) is 18.2 Å². The highest BCUT2D eigenvalue weighted by atomic mass is 79.9. The molecule has 0 aromatic heterocycles. The van der Waals surface area contributed by atoms with Gasteiger partial charge in [0.15, 0.2) is 0 Å². The van der Waals surface area contributed by atoms with Crippen LogP contribution >= 0.6 is 15.9 Å². The molecule has 0 fully saturated rings. The third-order valence-corrected chi connectivity index (χ3v) is 4.44. The number of benzene rings is 2. The van der Waals surface area contributed by atoms with Gasteiger partial charge in [0.25, 0.3) is 0 Å². The van der Waals surface area contributed by atoms with Crippen LogP contribution in [0.5, 0.6) is 11.5 Å². The van der Waals surface area contributed by atoms with Crippen molar-refractivity contribution in [2.24, 2.45) is 0 Å². The van der Waals surface area contributed by atoms with Gasteiger partial charge in [-0.1, -0.05) is 48.5 Å². The average molecular weight is 405 g/mol. The molecular formula is C21H25BrO3. The molecule has 134 valence electrons. The highest BCUT2D eigenvalue weighted by Gasteiger charge is 2.10. The van der Waals surface area contributed by atoms with Gasteiger partial charge in [-0.15, -0.1) is 0 Å². The predicted octanol–water partition coefficient (Wildman–Crippen LogP) is 6.33. The molecule has 0 atom stereocenters. The van der Waals surface area contributed by atoms with Gasteiger partial charge in [-0.3, -0.25) is 0 Å². The van der Waals surface area contributed by atoms with Gasteiger partial charge in [0.2, 0.25) is 0 Å². The monoisotopic (exact) mass is 404 g/mol. The third-order valence-electron chi connectivity index (χ3n) is 3.95. The maximum atomic E-state index is 12.2. The van der Waals surface area contributed by atoms with Gasteiger partial charge in [0, 0.05) is 4.47 Å². The summed E-state index contributed by atoms with van der Waals surface area (Å²) in [6, 6.07) is 12.7. The van der Waals surface area contributed by atoms with Crippen molar-refractivity contribution in [3.8, 4) is 11.5 Å². The van der Waals surface area contributed by atoms with E-state index in [4.69, 9.17) is 9.47 Å². The SMILES string of the molecule is CCCCCCCOc1ccc(C(=O)Oc2ccc(Br)cc2C)cc1. The molecule has 0 aliphatic rings. The van der Waals surface area contributed by atoms with E-state index in [1.807, 2.05) is 31.2 Å². The molecule has 0 saturated heterocycles. The van der Waals surface area contributed by atoms with Crippen LogP contribution in [0.2, 0.25) is 0 Å². The van der Waals surface area contributed by atoms with Crippen LogP contribution in [0.25, 0.3) is 0 Å². The summed E-state index contributed by atoms with van der Waals surface area (Å²) in [7, 11) is 0. The molecule has 4 heteroatoms. The normalized spacial score (nSPS) is 10.5. The molecular weight excluding hydrogens is 380 g/mol. The van der Waals surface area contributed by atoms with Gasteiger partial charge in [0.05, 0.1) is 12.2 Å². The quantitative estimate of drug-likeness (QED) is 0.278. The zero-order valence-electron chi connectivity index (χ0n) is 14.9. The lowest BCUT2D eigenvalue weighted by atomic mass is 10.2. The zero-order valence-corrected chi connectivity index (χ0v) is 16.5. The number of hydrogen-bond acceptors (Lipinski definition) is 3. The first-order valence-corrected chi connectivity index (χ1v) is 9.60. The van der Waals surface area contributed by atoms with Crippen molar-refractivity contribution in [3.05, 3.63) is 58.1 Å². The second-order valence-corrected chi connectivity index (χ2v) is 7.00. The maximum Gasteiger partial charge on any atom is 0.343 e. The van der Waals surface area contributed by atoms with E-state index in [-0.39, 0.29) is 5.97 Å². The first-order valence-electron chi connectivity index (χ1n) is 8.81. The molecule has 0 N–H and O–H groups in total. The van der Waals surface area contributed by atoms with E-state index in [9.17, 15) is 4.79 Å². The fourth-order valence-corrected chi connectivity index (χ4v) is 2.94. The molecule has 2 aromatic rings. The second kappa shape index (κ2) is 10.2. The summed E-state index contributed by atoms with van der Waals surface area (Å²) >= 11 is 3.40. The Morgan fingerprint density at radius 3 is 2.40 bits per heavy atom. The van der Waals surface area contributed by atoms with Gasteiger partial charge >= 0.3 is 5.97 Å². The lowest BCUT2D eigenvalue weighted by Gasteiger charge is -2.09. The first-order chi connectivity index (χ1) is 12.1. The second-order valence-electron chi connectivity index (χ2n) is 6.09. The van der Waals surface area contributed by atoms with Crippen molar-refractivity contribution in [2.75, 3.05) is 6.61 Å². The number of esters is 1. The number of hydrogen-bond donors (Lipinski definition) is 0. The fourth-order valence-electron chi connectivity index (χ4n) is 2.47. The predicted molar refractivity (Wildman–Crippen MR) is 105 cm³/mol. The largest absolute Gasteiger partial charge is 0.494 e. The minimum absolute atomic E-state index is 0.364. The van der Waals surface area contributed by atoms with Crippen molar-refractivity contribution in [2.45, 2.75) is 46.0 Å². The Morgan fingerprint density at radius 1 is 1.00 bits per heavy atom. The summed E-state index contributed by atoms with van der Waals surface area (Å²) in [5.74, 6) is 0.990. The Balaban J connectivity index is 1.83. The van der Waals surface area contributed by atoms with Crippen LogP contribution in [0, 0.1) is 6.92 Å². The van der Waals surface area contributed by atoms with E-state index in [0.29, 0.717) is 17.9 Å². The number of ether oxygens (including phenoxy) is 2. The number of unbranched alkanes of at least 4 members (excludes halogenated alkanes) is 4. The Hall–Kier alpha value is -1.81. The first kappa shape index (κ1) is 19.5. The van der Waals surface area contributed by atoms with Crippen LogP contribution in [0.1, 0.15) is 54.9 Å². The highest BCUT2D eigenvalue weighted by Crippen LogP contribution is 2.23. The molecule has 25 heavy (non-hydrogen) atoms. The van der Waals surface area contributed by atoms with Crippen molar-refractivity contribution in [1.82, 2.24) is 0 Å². The van der Waals surface area contributed by atoms with Gasteiger partial charge < -0.3 is 9.47 Å². The summed E-state index contributed by atoms with van der Waals surface area (Å²) in [4.78, 5) is 12.2. The van der Waals surface area contributed by atoms with Crippen LogP contribution in [0.4, 0.5) is 0 Å². The average Bonchev–Trinajstić information content (AvgIpc) is 2.61. The van der Waals surface area contributed by atoms with Crippen molar-refractivity contribution in [3.63, 3.8) is 0 Å². The fraction of sp³-hybridized carbons (Fsp3) is 0.381. The number of aryl methyl sites for hydroxylation is 1. The Bertz CT molecular complexity index is 680.